The summed E-state index contributed by atoms with van der Waals surface area (Å²) in [6.45, 7) is 12.3. The minimum atomic E-state index is -1.47. The maximum Gasteiger partial charge on any atom is 0.410 e. The third kappa shape index (κ3) is 4.54. The maximum atomic E-state index is 12.9. The number of benzene rings is 1. The molecule has 6 heteroatoms. The number of aromatic nitrogens is 1. The Balaban J connectivity index is 2.10. The van der Waals surface area contributed by atoms with E-state index in [2.05, 4.69) is 18.8 Å². The monoisotopic (exact) mass is 426 g/mol. The van der Waals surface area contributed by atoms with Crippen LogP contribution in [-0.2, 0) is 10.3 Å². The zero-order valence-corrected chi connectivity index (χ0v) is 19.5. The molecule has 168 valence electrons. The average Bonchev–Trinajstić information content (AvgIpc) is 2.70. The molecule has 2 aromatic rings. The molecule has 1 saturated heterocycles. The van der Waals surface area contributed by atoms with E-state index in [-0.39, 0.29) is 5.92 Å². The number of methoxy groups -OCH3 is 1. The fraction of sp³-hybridized carbons (Fsp3) is 0.520. The lowest BCUT2D eigenvalue weighted by Gasteiger charge is -2.54. The molecule has 0 radical (unpaired) electrons. The molecule has 1 aliphatic rings. The van der Waals surface area contributed by atoms with Crippen LogP contribution >= 0.6 is 0 Å². The van der Waals surface area contributed by atoms with E-state index < -0.39 is 23.3 Å². The Hall–Kier alpha value is -2.60. The number of rotatable bonds is 5. The summed E-state index contributed by atoms with van der Waals surface area (Å²) in [6.07, 6.45) is 2.81. The third-order valence-electron chi connectivity index (χ3n) is 5.82. The Morgan fingerprint density at radius 3 is 2.32 bits per heavy atom. The van der Waals surface area contributed by atoms with E-state index in [1.807, 2.05) is 52.0 Å². The Labute approximate surface area is 185 Å². The number of nitrogens with zero attached hydrogens (tertiary/aromatic N) is 2. The molecule has 6 nitrogen and oxygen atoms in total. The summed E-state index contributed by atoms with van der Waals surface area (Å²) in [4.78, 5) is 18.8. The first-order valence-corrected chi connectivity index (χ1v) is 10.8. The van der Waals surface area contributed by atoms with Gasteiger partial charge in [-0.15, -0.1) is 0 Å². The number of pyridine rings is 1. The van der Waals surface area contributed by atoms with Crippen molar-refractivity contribution in [1.29, 1.82) is 0 Å². The number of amides is 1. The fourth-order valence-electron chi connectivity index (χ4n) is 4.21. The van der Waals surface area contributed by atoms with Crippen molar-refractivity contribution in [3.8, 4) is 5.75 Å². The Morgan fingerprint density at radius 2 is 1.81 bits per heavy atom. The van der Waals surface area contributed by atoms with E-state index in [1.54, 1.807) is 30.5 Å². The highest BCUT2D eigenvalue weighted by Crippen LogP contribution is 2.45. The van der Waals surface area contributed by atoms with Gasteiger partial charge in [-0.2, -0.15) is 0 Å². The van der Waals surface area contributed by atoms with Crippen molar-refractivity contribution in [3.63, 3.8) is 0 Å². The third-order valence-corrected chi connectivity index (χ3v) is 5.82. The second kappa shape index (κ2) is 8.50. The highest BCUT2D eigenvalue weighted by molar-refractivity contribution is 5.70. The molecule has 1 aromatic carbocycles. The van der Waals surface area contributed by atoms with Crippen molar-refractivity contribution < 1.29 is 19.4 Å². The molecule has 1 fully saturated rings. The van der Waals surface area contributed by atoms with Gasteiger partial charge in [-0.3, -0.25) is 4.98 Å². The minimum Gasteiger partial charge on any atom is -0.495 e. The molecular weight excluding hydrogens is 392 g/mol. The standard InChI is InChI=1S/C25H34N2O4/c1-16(2)18-8-10-19(11-9-18)25(29,20-12-21(30-7)14-26-13-20)22-17(3)15-27(22)23(28)31-24(4,5)6/h8-14,16-17,22,29H,15H2,1-7H3. The van der Waals surface area contributed by atoms with Gasteiger partial charge in [0.15, 0.2) is 0 Å². The molecule has 3 rings (SSSR count). The van der Waals surface area contributed by atoms with Crippen LogP contribution in [0, 0.1) is 5.92 Å². The predicted octanol–water partition coefficient (Wildman–Crippen LogP) is 4.70. The largest absolute Gasteiger partial charge is 0.495 e. The van der Waals surface area contributed by atoms with Gasteiger partial charge in [0.1, 0.15) is 17.0 Å². The number of likely N-dealkylation sites (tertiary alicyclic amines) is 1. The van der Waals surface area contributed by atoms with E-state index in [1.165, 1.54) is 5.56 Å². The number of carbonyl (C=O) groups excluding carboxylic acids is 1. The van der Waals surface area contributed by atoms with Gasteiger partial charge >= 0.3 is 6.09 Å². The molecule has 1 amide bonds. The number of carbonyl (C=O) groups is 1. The van der Waals surface area contributed by atoms with E-state index in [4.69, 9.17) is 9.47 Å². The highest BCUT2D eigenvalue weighted by Gasteiger charge is 2.55. The number of aliphatic hydroxyl groups is 1. The van der Waals surface area contributed by atoms with Crippen LogP contribution in [0.3, 0.4) is 0 Å². The lowest BCUT2D eigenvalue weighted by molar-refractivity contribution is -0.107. The lowest BCUT2D eigenvalue weighted by Crippen LogP contribution is -2.67. The first-order chi connectivity index (χ1) is 14.5. The van der Waals surface area contributed by atoms with Crippen molar-refractivity contribution >= 4 is 6.09 Å². The van der Waals surface area contributed by atoms with Gasteiger partial charge < -0.3 is 19.5 Å². The van der Waals surface area contributed by atoms with Crippen LogP contribution < -0.4 is 4.74 Å². The van der Waals surface area contributed by atoms with Crippen LogP contribution in [0.1, 0.15) is 64.2 Å². The quantitative estimate of drug-likeness (QED) is 0.750. The highest BCUT2D eigenvalue weighted by atomic mass is 16.6. The van der Waals surface area contributed by atoms with Gasteiger partial charge in [0, 0.05) is 18.3 Å². The summed E-state index contributed by atoms with van der Waals surface area (Å²) in [5, 5.41) is 12.3. The van der Waals surface area contributed by atoms with Crippen molar-refractivity contribution in [1.82, 2.24) is 9.88 Å². The van der Waals surface area contributed by atoms with Crippen molar-refractivity contribution in [2.45, 2.75) is 64.7 Å². The molecule has 1 N–H and O–H groups in total. The molecule has 0 spiro atoms. The summed E-state index contributed by atoms with van der Waals surface area (Å²) in [5.41, 5.74) is 0.382. The minimum absolute atomic E-state index is 0.0634. The average molecular weight is 427 g/mol. The van der Waals surface area contributed by atoms with Crippen LogP contribution in [0.15, 0.2) is 42.7 Å². The van der Waals surface area contributed by atoms with Gasteiger partial charge in [0.05, 0.1) is 19.3 Å². The molecule has 3 unspecified atom stereocenters. The lowest BCUT2D eigenvalue weighted by atomic mass is 9.70. The fourth-order valence-corrected chi connectivity index (χ4v) is 4.21. The van der Waals surface area contributed by atoms with Crippen LogP contribution in [0.4, 0.5) is 4.79 Å². The SMILES string of the molecule is COc1cncc(C(O)(c2ccc(C(C)C)cc2)C2C(C)CN2C(=O)OC(C)(C)C)c1. The van der Waals surface area contributed by atoms with E-state index in [0.717, 1.165) is 0 Å². The van der Waals surface area contributed by atoms with E-state index in [0.29, 0.717) is 29.3 Å². The van der Waals surface area contributed by atoms with Gasteiger partial charge in [-0.25, -0.2) is 4.79 Å². The summed E-state index contributed by atoms with van der Waals surface area (Å²) < 4.78 is 11.0. The van der Waals surface area contributed by atoms with Crippen LogP contribution in [-0.4, -0.2) is 46.4 Å². The Kier molecular flexibility index (Phi) is 6.33. The van der Waals surface area contributed by atoms with Crippen LogP contribution in [0.25, 0.3) is 0 Å². The summed E-state index contributed by atoms with van der Waals surface area (Å²) in [5.74, 6) is 0.987. The van der Waals surface area contributed by atoms with Crippen molar-refractivity contribution in [3.05, 3.63) is 59.4 Å². The van der Waals surface area contributed by atoms with E-state index in [9.17, 15) is 9.90 Å². The van der Waals surface area contributed by atoms with Gasteiger partial charge in [-0.1, -0.05) is 45.0 Å². The van der Waals surface area contributed by atoms with Gasteiger partial charge in [0.25, 0.3) is 0 Å². The normalized spacial score (nSPS) is 20.7. The second-order valence-corrected chi connectivity index (χ2v) is 9.71. The number of hydrogen-bond donors (Lipinski definition) is 1. The molecule has 2 heterocycles. The van der Waals surface area contributed by atoms with Crippen LogP contribution in [0.2, 0.25) is 0 Å². The summed E-state index contributed by atoms with van der Waals surface area (Å²) in [7, 11) is 1.57. The molecular formula is C25H34N2O4. The first kappa shape index (κ1) is 23.1. The zero-order valence-electron chi connectivity index (χ0n) is 19.5. The molecule has 0 saturated carbocycles. The summed E-state index contributed by atoms with van der Waals surface area (Å²) in [6, 6.07) is 9.21. The smallest absolute Gasteiger partial charge is 0.410 e. The molecule has 1 aliphatic heterocycles. The Bertz CT molecular complexity index is 920. The second-order valence-electron chi connectivity index (χ2n) is 9.71. The molecule has 3 atom stereocenters. The van der Waals surface area contributed by atoms with E-state index >= 15 is 0 Å². The summed E-state index contributed by atoms with van der Waals surface area (Å²) >= 11 is 0. The molecule has 0 aliphatic carbocycles. The molecule has 1 aromatic heterocycles. The molecule has 31 heavy (non-hydrogen) atoms. The van der Waals surface area contributed by atoms with Crippen LogP contribution in [0.5, 0.6) is 5.75 Å². The molecule has 0 bridgehead atoms. The van der Waals surface area contributed by atoms with Gasteiger partial charge in [0.2, 0.25) is 0 Å². The number of hydrogen-bond acceptors (Lipinski definition) is 5. The first-order valence-electron chi connectivity index (χ1n) is 10.8. The van der Waals surface area contributed by atoms with Gasteiger partial charge in [-0.05, 0) is 49.8 Å². The predicted molar refractivity (Wildman–Crippen MR) is 120 cm³/mol. The van der Waals surface area contributed by atoms with Crippen molar-refractivity contribution in [2.75, 3.05) is 13.7 Å². The zero-order chi connectivity index (χ0) is 23.0. The number of ether oxygens (including phenoxy) is 2. The Morgan fingerprint density at radius 1 is 1.16 bits per heavy atom. The van der Waals surface area contributed by atoms with Crippen molar-refractivity contribution in [2.24, 2.45) is 5.92 Å². The topological polar surface area (TPSA) is 71.9 Å². The maximum absolute atomic E-state index is 12.9.